The summed E-state index contributed by atoms with van der Waals surface area (Å²) in [5.41, 5.74) is 2.24. The van der Waals surface area contributed by atoms with Crippen LogP contribution in [-0.4, -0.2) is 34.6 Å². The molecule has 0 atom stereocenters. The van der Waals surface area contributed by atoms with E-state index in [1.165, 1.54) is 6.20 Å². The summed E-state index contributed by atoms with van der Waals surface area (Å²) in [5.74, 6) is 4.39. The third-order valence-corrected chi connectivity index (χ3v) is 4.75. The number of anilines is 3. The molecule has 3 rings (SSSR count). The molecule has 0 spiro atoms. The minimum absolute atomic E-state index is 0.359. The van der Waals surface area contributed by atoms with E-state index in [1.807, 2.05) is 38.1 Å². The molecule has 2 aromatic carbocycles. The maximum Gasteiger partial charge on any atom is 0.403 e. The first-order valence-corrected chi connectivity index (χ1v) is 11.5. The van der Waals surface area contributed by atoms with E-state index in [4.69, 9.17) is 16.7 Å². The topological polar surface area (TPSA) is 124 Å². The Morgan fingerprint density at radius 1 is 1.23 bits per heavy atom. The van der Waals surface area contributed by atoms with Gasteiger partial charge in [-0.1, -0.05) is 41.8 Å². The van der Waals surface area contributed by atoms with Crippen molar-refractivity contribution in [3.05, 3.63) is 58.7 Å². The zero-order valence-electron chi connectivity index (χ0n) is 18.9. The number of benzene rings is 2. The number of nitrogens with zero attached hydrogens (tertiary/aromatic N) is 2. The van der Waals surface area contributed by atoms with Crippen LogP contribution in [0.3, 0.4) is 0 Å². The average Bonchev–Trinajstić information content (AvgIpc) is 2.82. The first-order valence-electron chi connectivity index (χ1n) is 10.3. The molecule has 0 bridgehead atoms. The van der Waals surface area contributed by atoms with Crippen LogP contribution in [0.15, 0.2) is 53.1 Å². The number of halogens is 2. The van der Waals surface area contributed by atoms with Crippen LogP contribution in [0, 0.1) is 29.1 Å². The molecule has 1 aromatic heterocycles. The fraction of sp³-hybridized carbons (Fsp3) is 0.200. The summed E-state index contributed by atoms with van der Waals surface area (Å²) >= 11 is 8.29. The number of hydrogen-bond donors (Lipinski definition) is 3. The van der Waals surface area contributed by atoms with Crippen molar-refractivity contribution in [1.82, 2.24) is 4.98 Å². The molecule has 0 saturated carbocycles. The van der Waals surface area contributed by atoms with Crippen molar-refractivity contribution in [2.75, 3.05) is 23.8 Å². The number of hydrogen-bond acceptors (Lipinski definition) is 7. The Kier molecular flexibility index (Phi) is 11.0. The zero-order chi connectivity index (χ0) is 25.8. The number of ether oxygens (including phenoxy) is 1. The highest BCUT2D eigenvalue weighted by Gasteiger charge is 2.11. The number of nitriles is 1. The molecule has 3 aromatic rings. The molecule has 0 aliphatic carbocycles. The van der Waals surface area contributed by atoms with Gasteiger partial charge in [0.25, 0.3) is 5.91 Å². The number of carbonyl (C=O) groups is 2. The van der Waals surface area contributed by atoms with Crippen molar-refractivity contribution in [2.45, 2.75) is 13.8 Å². The minimum atomic E-state index is -0.723. The van der Waals surface area contributed by atoms with Crippen LogP contribution in [0.2, 0.25) is 0 Å². The van der Waals surface area contributed by atoms with Gasteiger partial charge in [-0.05, 0) is 48.2 Å². The maximum absolute atomic E-state index is 11.8. The van der Waals surface area contributed by atoms with Gasteiger partial charge < -0.3 is 20.5 Å². The van der Waals surface area contributed by atoms with Gasteiger partial charge in [-0.15, -0.1) is 0 Å². The van der Waals surface area contributed by atoms with Crippen LogP contribution in [0.4, 0.5) is 21.9 Å². The zero-order valence-corrected chi connectivity index (χ0v) is 21.3. The van der Waals surface area contributed by atoms with Gasteiger partial charge in [0.2, 0.25) is 0 Å². The normalized spacial score (nSPS) is 9.74. The number of fused-ring (bicyclic) bond motifs is 1. The third-order valence-electron chi connectivity index (χ3n) is 4.15. The van der Waals surface area contributed by atoms with E-state index in [-0.39, 0.29) is 6.61 Å². The van der Waals surface area contributed by atoms with Gasteiger partial charge in [-0.25, -0.2) is 4.79 Å². The van der Waals surface area contributed by atoms with Crippen LogP contribution < -0.4 is 10.6 Å². The lowest BCUT2D eigenvalue weighted by atomic mass is 10.1. The standard InChI is InChI=1S/C20H13BrN4O2.C5H9ClO2/c21-14-3-1-4-15(9-14)25-20-13(11-22)12-23-18-7-6-16(10-17(18)20)24-19(27)5-2-8-26;1-4(2)3-8-5(6)7/h1,3-4,6-7,9-10,12,26H,8H2,(H,23,25)(H,24,27);4H,3H2,1-2H3. The third kappa shape index (κ3) is 9.26. The molecule has 180 valence electrons. The van der Waals surface area contributed by atoms with Gasteiger partial charge >= 0.3 is 5.43 Å². The highest BCUT2D eigenvalue weighted by molar-refractivity contribution is 9.10. The molecular formula is C25H22BrClN4O4. The molecule has 0 aliphatic rings. The van der Waals surface area contributed by atoms with E-state index in [9.17, 15) is 14.9 Å². The quantitative estimate of drug-likeness (QED) is 0.277. The summed E-state index contributed by atoms with van der Waals surface area (Å²) in [6.45, 7) is 3.91. The second kappa shape index (κ2) is 13.9. The minimum Gasteiger partial charge on any atom is -0.453 e. The maximum atomic E-state index is 11.8. The monoisotopic (exact) mass is 556 g/mol. The molecule has 8 nitrogen and oxygen atoms in total. The molecule has 3 N–H and O–H groups in total. The number of amides is 1. The van der Waals surface area contributed by atoms with Gasteiger partial charge in [0.15, 0.2) is 0 Å². The molecule has 0 unspecified atom stereocenters. The van der Waals surface area contributed by atoms with E-state index < -0.39 is 11.3 Å². The predicted octanol–water partition coefficient (Wildman–Crippen LogP) is 5.56. The Morgan fingerprint density at radius 2 is 2.00 bits per heavy atom. The van der Waals surface area contributed by atoms with Crippen LogP contribution >= 0.6 is 27.5 Å². The fourth-order valence-electron chi connectivity index (χ4n) is 2.71. The number of aliphatic hydroxyl groups excluding tert-OH is 1. The SMILES string of the molecule is CC(C)COC(=O)Cl.N#Cc1cnc2ccc(NC(=O)C#CCO)cc2c1Nc1cccc(Br)c1. The summed E-state index contributed by atoms with van der Waals surface area (Å²) in [6, 6.07) is 14.9. The number of carbonyl (C=O) groups excluding carboxylic acids is 2. The molecule has 0 radical (unpaired) electrons. The Bertz CT molecular complexity index is 1310. The average molecular weight is 558 g/mol. The summed E-state index contributed by atoms with van der Waals surface area (Å²) in [4.78, 5) is 25.9. The van der Waals surface area contributed by atoms with Crippen molar-refractivity contribution in [3.8, 4) is 17.9 Å². The highest BCUT2D eigenvalue weighted by Crippen LogP contribution is 2.31. The van der Waals surface area contributed by atoms with E-state index in [0.29, 0.717) is 40.4 Å². The van der Waals surface area contributed by atoms with Crippen molar-refractivity contribution in [2.24, 2.45) is 5.92 Å². The molecule has 0 saturated heterocycles. The van der Waals surface area contributed by atoms with Crippen molar-refractivity contribution in [1.29, 1.82) is 5.26 Å². The molecular weight excluding hydrogens is 536 g/mol. The van der Waals surface area contributed by atoms with Crippen LogP contribution in [0.1, 0.15) is 19.4 Å². The highest BCUT2D eigenvalue weighted by atomic mass is 79.9. The van der Waals surface area contributed by atoms with Crippen molar-refractivity contribution >= 4 is 66.8 Å². The Hall–Kier alpha value is -3.63. The summed E-state index contributed by atoms with van der Waals surface area (Å²) in [5, 5.41) is 24.7. The number of rotatable bonds is 5. The van der Waals surface area contributed by atoms with Crippen molar-refractivity contribution < 1.29 is 19.4 Å². The lowest BCUT2D eigenvalue weighted by Crippen LogP contribution is -2.08. The van der Waals surface area contributed by atoms with Crippen LogP contribution in [0.5, 0.6) is 0 Å². The van der Waals surface area contributed by atoms with Gasteiger partial charge in [-0.3, -0.25) is 9.78 Å². The van der Waals surface area contributed by atoms with E-state index in [0.717, 1.165) is 10.2 Å². The van der Waals surface area contributed by atoms with E-state index >= 15 is 0 Å². The largest absolute Gasteiger partial charge is 0.453 e. The Balaban J connectivity index is 0.000000466. The second-order valence-corrected chi connectivity index (χ2v) is 8.61. The molecule has 1 amide bonds. The van der Waals surface area contributed by atoms with Gasteiger partial charge in [0, 0.05) is 39.0 Å². The fourth-order valence-corrected chi connectivity index (χ4v) is 3.18. The number of pyridine rings is 1. The first-order chi connectivity index (χ1) is 16.7. The molecule has 1 heterocycles. The summed E-state index contributed by atoms with van der Waals surface area (Å²) in [6.07, 6.45) is 1.51. The molecule has 0 fully saturated rings. The predicted molar refractivity (Wildman–Crippen MR) is 139 cm³/mol. The van der Waals surface area contributed by atoms with Gasteiger partial charge in [0.1, 0.15) is 12.7 Å². The number of aliphatic hydroxyl groups is 1. The molecule has 10 heteroatoms. The summed E-state index contributed by atoms with van der Waals surface area (Å²) in [7, 11) is 0. The number of aromatic nitrogens is 1. The number of nitrogens with one attached hydrogen (secondary N) is 2. The van der Waals surface area contributed by atoms with Crippen molar-refractivity contribution in [3.63, 3.8) is 0 Å². The smallest absolute Gasteiger partial charge is 0.403 e. The van der Waals surface area contributed by atoms with Gasteiger partial charge in [0.05, 0.1) is 23.4 Å². The molecule has 0 aliphatic heterocycles. The van der Waals surface area contributed by atoms with Crippen LogP contribution in [-0.2, 0) is 9.53 Å². The Morgan fingerprint density at radius 3 is 2.60 bits per heavy atom. The second-order valence-electron chi connectivity index (χ2n) is 7.38. The lowest BCUT2D eigenvalue weighted by molar-refractivity contribution is -0.111. The lowest BCUT2D eigenvalue weighted by Gasteiger charge is -2.13. The van der Waals surface area contributed by atoms with E-state index in [2.05, 4.69) is 54.2 Å². The van der Waals surface area contributed by atoms with Crippen LogP contribution in [0.25, 0.3) is 10.9 Å². The summed E-state index contributed by atoms with van der Waals surface area (Å²) < 4.78 is 5.33. The van der Waals surface area contributed by atoms with Gasteiger partial charge in [-0.2, -0.15) is 5.26 Å². The van der Waals surface area contributed by atoms with E-state index in [1.54, 1.807) is 18.2 Å². The first kappa shape index (κ1) is 27.6. The molecule has 35 heavy (non-hydrogen) atoms. The Labute approximate surface area is 216 Å².